The fourth-order valence-electron chi connectivity index (χ4n) is 5.72. The van der Waals surface area contributed by atoms with Crippen LogP contribution in [0.3, 0.4) is 0 Å². The Bertz CT molecular complexity index is 1970. The smallest absolute Gasteiger partial charge is 0.336 e. The maximum absolute atomic E-state index is 13.9. The van der Waals surface area contributed by atoms with Crippen LogP contribution in [0.5, 0.6) is 5.75 Å². The topological polar surface area (TPSA) is 109 Å². The third kappa shape index (κ3) is 6.27. The van der Waals surface area contributed by atoms with Crippen LogP contribution >= 0.6 is 34.8 Å². The predicted molar refractivity (Wildman–Crippen MR) is 181 cm³/mol. The maximum atomic E-state index is 13.9. The lowest BCUT2D eigenvalue weighted by atomic mass is 9.98. The van der Waals surface area contributed by atoms with Crippen molar-refractivity contribution in [3.05, 3.63) is 96.4 Å². The Labute approximate surface area is 276 Å². The van der Waals surface area contributed by atoms with E-state index in [2.05, 4.69) is 15.4 Å². The fourth-order valence-corrected chi connectivity index (χ4v) is 6.30. The van der Waals surface area contributed by atoms with Gasteiger partial charge < -0.3 is 20.1 Å². The van der Waals surface area contributed by atoms with Gasteiger partial charge in [0.05, 0.1) is 28.4 Å². The Morgan fingerprint density at radius 1 is 0.978 bits per heavy atom. The summed E-state index contributed by atoms with van der Waals surface area (Å²) in [6, 6.07) is 10.5. The number of carboxylic acid groups (broad SMARTS) is 1. The van der Waals surface area contributed by atoms with Crippen LogP contribution in [0.15, 0.2) is 36.4 Å². The summed E-state index contributed by atoms with van der Waals surface area (Å²) in [7, 11) is 1.88. The number of nitrogens with zero attached hydrogens (tertiary/aromatic N) is 2. The average molecular weight is 668 g/mol. The molecule has 1 amide bonds. The zero-order valence-electron chi connectivity index (χ0n) is 25.8. The number of fused-ring (bicyclic) bond motifs is 1. The summed E-state index contributed by atoms with van der Waals surface area (Å²) in [6.45, 7) is 9.80. The molecule has 3 aromatic carbocycles. The summed E-state index contributed by atoms with van der Waals surface area (Å²) < 4.78 is 7.87. The van der Waals surface area contributed by atoms with Crippen molar-refractivity contribution in [3.63, 3.8) is 0 Å². The Kier molecular flexibility index (Phi) is 9.21. The molecule has 0 bridgehead atoms. The quantitative estimate of drug-likeness (QED) is 0.136. The van der Waals surface area contributed by atoms with Crippen molar-refractivity contribution in [3.8, 4) is 16.9 Å². The second kappa shape index (κ2) is 12.8. The number of aryl methyl sites for hydroxylation is 5. The van der Waals surface area contributed by atoms with Crippen molar-refractivity contribution in [1.82, 2.24) is 14.8 Å². The molecular weight excluding hydrogens is 635 g/mol. The molecule has 0 atom stereocenters. The van der Waals surface area contributed by atoms with Crippen molar-refractivity contribution in [2.45, 2.75) is 47.5 Å². The molecule has 0 saturated heterocycles. The summed E-state index contributed by atoms with van der Waals surface area (Å²) in [5.41, 5.74) is 7.79. The number of amides is 1. The summed E-state index contributed by atoms with van der Waals surface area (Å²) in [6.07, 6.45) is 1.12. The highest BCUT2D eigenvalue weighted by molar-refractivity contribution is 6.35. The minimum atomic E-state index is -1.13. The van der Waals surface area contributed by atoms with Crippen molar-refractivity contribution in [2.75, 3.05) is 11.9 Å². The Morgan fingerprint density at radius 3 is 2.29 bits per heavy atom. The first-order valence-corrected chi connectivity index (χ1v) is 15.5. The van der Waals surface area contributed by atoms with Gasteiger partial charge in [-0.1, -0.05) is 40.9 Å². The number of rotatable bonds is 9. The van der Waals surface area contributed by atoms with Gasteiger partial charge in [0.2, 0.25) is 0 Å². The number of hydrogen-bond donors (Lipinski definition) is 3. The molecule has 0 radical (unpaired) electrons. The third-order valence-electron chi connectivity index (χ3n) is 8.10. The summed E-state index contributed by atoms with van der Waals surface area (Å²) in [5.74, 6) is -0.846. The van der Waals surface area contributed by atoms with Crippen molar-refractivity contribution in [1.29, 1.82) is 0 Å². The highest BCUT2D eigenvalue weighted by atomic mass is 35.5. The molecule has 0 unspecified atom stereocenters. The van der Waals surface area contributed by atoms with Crippen LogP contribution in [0.25, 0.3) is 22.0 Å². The number of carbonyl (C=O) groups excluding carboxylic acids is 1. The molecule has 11 heteroatoms. The fraction of sp³-hybridized carbons (Fsp3) is 0.265. The van der Waals surface area contributed by atoms with Gasteiger partial charge in [0.1, 0.15) is 11.4 Å². The van der Waals surface area contributed by atoms with E-state index >= 15 is 0 Å². The van der Waals surface area contributed by atoms with E-state index < -0.39 is 11.9 Å². The first-order chi connectivity index (χ1) is 21.3. The number of aromatic nitrogens is 3. The first-order valence-electron chi connectivity index (χ1n) is 14.4. The number of aromatic carboxylic acids is 1. The summed E-state index contributed by atoms with van der Waals surface area (Å²) >= 11 is 19.5. The second-order valence-corrected chi connectivity index (χ2v) is 12.4. The maximum Gasteiger partial charge on any atom is 0.336 e. The van der Waals surface area contributed by atoms with Crippen molar-refractivity contribution < 1.29 is 19.4 Å². The Balaban J connectivity index is 1.55. The minimum absolute atomic E-state index is 0.0103. The number of ether oxygens (including phenoxy) is 1. The largest absolute Gasteiger partial charge is 0.494 e. The zero-order valence-corrected chi connectivity index (χ0v) is 28.1. The number of nitrogens with one attached hydrogen (secondary N) is 2. The van der Waals surface area contributed by atoms with Crippen LogP contribution in [-0.4, -0.2) is 38.4 Å². The van der Waals surface area contributed by atoms with Crippen LogP contribution in [0, 0.1) is 34.6 Å². The molecule has 0 aliphatic rings. The number of anilines is 1. The van der Waals surface area contributed by atoms with E-state index in [0.29, 0.717) is 41.2 Å². The van der Waals surface area contributed by atoms with Gasteiger partial charge in [-0.25, -0.2) is 4.79 Å². The molecule has 45 heavy (non-hydrogen) atoms. The standard InChI is InChI=1S/C34H33Cl3N4O4/c1-16-12-22(13-17(2)30(16)37)45-11-7-8-23-24-9-10-26(35)29(28-19(4)40-41(6)20(28)5)31(24)39-32(23)33(42)38-21-14-25(34(43)44)18(3)27(36)15-21/h9-10,12-15,39H,7-8,11H2,1-6H3,(H,38,42)(H,43,44). The molecule has 3 N–H and O–H groups in total. The molecule has 8 nitrogen and oxygen atoms in total. The van der Waals surface area contributed by atoms with E-state index in [1.165, 1.54) is 12.1 Å². The van der Waals surface area contributed by atoms with Crippen LogP contribution in [0.2, 0.25) is 15.1 Å². The number of aromatic amines is 1. The van der Waals surface area contributed by atoms with E-state index in [0.717, 1.165) is 55.4 Å². The van der Waals surface area contributed by atoms with Crippen molar-refractivity contribution in [2.24, 2.45) is 7.05 Å². The lowest BCUT2D eigenvalue weighted by Crippen LogP contribution is -2.15. The van der Waals surface area contributed by atoms with E-state index in [1.54, 1.807) is 11.6 Å². The zero-order chi connectivity index (χ0) is 32.7. The molecule has 2 heterocycles. The van der Waals surface area contributed by atoms with Crippen molar-refractivity contribution >= 4 is 63.3 Å². The van der Waals surface area contributed by atoms with Crippen LogP contribution in [-0.2, 0) is 13.5 Å². The lowest BCUT2D eigenvalue weighted by molar-refractivity contribution is 0.0695. The highest BCUT2D eigenvalue weighted by Crippen LogP contribution is 2.40. The molecule has 0 spiro atoms. The van der Waals surface area contributed by atoms with Crippen LogP contribution < -0.4 is 10.1 Å². The highest BCUT2D eigenvalue weighted by Gasteiger charge is 2.25. The number of benzene rings is 3. The van der Waals surface area contributed by atoms with Gasteiger partial charge in [-0.05, 0) is 100 Å². The average Bonchev–Trinajstić information content (AvgIpc) is 3.46. The first kappa shape index (κ1) is 32.4. The molecule has 0 saturated carbocycles. The van der Waals surface area contributed by atoms with Gasteiger partial charge in [-0.2, -0.15) is 5.10 Å². The van der Waals surface area contributed by atoms with E-state index in [-0.39, 0.29) is 16.3 Å². The number of hydrogen-bond acceptors (Lipinski definition) is 4. The normalized spacial score (nSPS) is 11.3. The molecule has 0 fully saturated rings. The molecular formula is C34H33Cl3N4O4. The van der Waals surface area contributed by atoms with Crippen LogP contribution in [0.1, 0.15) is 60.9 Å². The molecule has 234 valence electrons. The summed E-state index contributed by atoms with van der Waals surface area (Å²) in [5, 5.41) is 19.4. The molecule has 0 aliphatic heterocycles. The molecule has 5 aromatic rings. The Hall–Kier alpha value is -3.98. The van der Waals surface area contributed by atoms with Gasteiger partial charge in [0.15, 0.2) is 0 Å². The molecule has 2 aromatic heterocycles. The van der Waals surface area contributed by atoms with Gasteiger partial charge >= 0.3 is 5.97 Å². The van der Waals surface area contributed by atoms with E-state index in [4.69, 9.17) is 39.5 Å². The molecule has 0 aliphatic carbocycles. The second-order valence-electron chi connectivity index (χ2n) is 11.2. The van der Waals surface area contributed by atoms with Gasteiger partial charge in [0, 0.05) is 45.0 Å². The number of carbonyl (C=O) groups is 2. The van der Waals surface area contributed by atoms with Gasteiger partial charge in [-0.3, -0.25) is 9.48 Å². The van der Waals surface area contributed by atoms with E-state index in [1.807, 2.05) is 59.0 Å². The monoisotopic (exact) mass is 666 g/mol. The minimum Gasteiger partial charge on any atom is -0.494 e. The Morgan fingerprint density at radius 2 is 1.67 bits per heavy atom. The molecule has 5 rings (SSSR count). The lowest BCUT2D eigenvalue weighted by Gasteiger charge is -2.12. The predicted octanol–water partition coefficient (Wildman–Crippen LogP) is 9.03. The number of H-pyrrole nitrogens is 1. The van der Waals surface area contributed by atoms with Crippen LogP contribution in [0.4, 0.5) is 5.69 Å². The summed E-state index contributed by atoms with van der Waals surface area (Å²) in [4.78, 5) is 29.1. The third-order valence-corrected chi connectivity index (χ3v) is 9.40. The SMILES string of the molecule is Cc1cc(OCCCc2c(C(=O)Nc3cc(Cl)c(C)c(C(=O)O)c3)[nH]c3c(-c4c(C)nn(C)c4C)c(Cl)ccc23)cc(C)c1Cl. The van der Waals surface area contributed by atoms with Gasteiger partial charge in [-0.15, -0.1) is 0 Å². The number of carboxylic acids is 1. The van der Waals surface area contributed by atoms with Gasteiger partial charge in [0.25, 0.3) is 5.91 Å². The van der Waals surface area contributed by atoms with E-state index in [9.17, 15) is 14.7 Å². The number of halogens is 3.